The van der Waals surface area contributed by atoms with Gasteiger partial charge in [-0.05, 0) is 24.6 Å². The Hall–Kier alpha value is -0.580. The first-order valence-electron chi connectivity index (χ1n) is 4.88. The molecule has 0 bridgehead atoms. The van der Waals surface area contributed by atoms with Crippen molar-refractivity contribution in [1.82, 2.24) is 0 Å². The van der Waals surface area contributed by atoms with Crippen molar-refractivity contribution in [3.05, 3.63) is 28.2 Å². The molecule has 1 heterocycles. The van der Waals surface area contributed by atoms with Gasteiger partial charge in [0, 0.05) is 4.47 Å². The Labute approximate surface area is 97.5 Å². The largest absolute Gasteiger partial charge is 0.496 e. The van der Waals surface area contributed by atoms with Crippen molar-refractivity contribution in [2.45, 2.75) is 12.7 Å². The van der Waals surface area contributed by atoms with Gasteiger partial charge in [-0.25, -0.2) is 0 Å². The van der Waals surface area contributed by atoms with Gasteiger partial charge in [-0.2, -0.15) is 0 Å². The van der Waals surface area contributed by atoms with E-state index in [9.17, 15) is 0 Å². The fourth-order valence-electron chi connectivity index (χ4n) is 1.56. The minimum Gasteiger partial charge on any atom is -0.496 e. The lowest BCUT2D eigenvalue weighted by atomic mass is 10.2. The van der Waals surface area contributed by atoms with Crippen molar-refractivity contribution < 1.29 is 14.2 Å². The van der Waals surface area contributed by atoms with E-state index in [0.29, 0.717) is 0 Å². The SMILES string of the molecule is COc1ccc(Br)cc1C1OCCCO1. The molecule has 0 N–H and O–H groups in total. The second-order valence-electron chi connectivity index (χ2n) is 3.31. The molecule has 0 aromatic heterocycles. The van der Waals surface area contributed by atoms with Crippen LogP contribution in [0.5, 0.6) is 5.75 Å². The zero-order valence-corrected chi connectivity index (χ0v) is 10.1. The summed E-state index contributed by atoms with van der Waals surface area (Å²) < 4.78 is 17.3. The van der Waals surface area contributed by atoms with E-state index in [1.165, 1.54) is 0 Å². The van der Waals surface area contributed by atoms with Crippen LogP contribution in [0.15, 0.2) is 22.7 Å². The maximum atomic E-state index is 5.54. The second kappa shape index (κ2) is 4.96. The van der Waals surface area contributed by atoms with Gasteiger partial charge in [-0.15, -0.1) is 0 Å². The van der Waals surface area contributed by atoms with Crippen LogP contribution in [0.1, 0.15) is 18.3 Å². The fourth-order valence-corrected chi connectivity index (χ4v) is 1.94. The van der Waals surface area contributed by atoms with E-state index in [2.05, 4.69) is 15.9 Å². The van der Waals surface area contributed by atoms with Gasteiger partial charge in [0.25, 0.3) is 0 Å². The Morgan fingerprint density at radius 3 is 2.73 bits per heavy atom. The molecule has 0 spiro atoms. The average Bonchev–Trinajstić information content (AvgIpc) is 2.30. The molecular formula is C11H13BrO3. The predicted molar refractivity (Wildman–Crippen MR) is 60.0 cm³/mol. The minimum atomic E-state index is -0.300. The number of ether oxygens (including phenoxy) is 3. The summed E-state index contributed by atoms with van der Waals surface area (Å²) in [6, 6.07) is 5.81. The molecule has 1 fully saturated rings. The van der Waals surface area contributed by atoms with Gasteiger partial charge >= 0.3 is 0 Å². The van der Waals surface area contributed by atoms with Gasteiger partial charge in [0.15, 0.2) is 6.29 Å². The van der Waals surface area contributed by atoms with E-state index in [1.807, 2.05) is 18.2 Å². The molecule has 1 aliphatic heterocycles. The highest BCUT2D eigenvalue weighted by atomic mass is 79.9. The Morgan fingerprint density at radius 2 is 2.07 bits per heavy atom. The van der Waals surface area contributed by atoms with Gasteiger partial charge in [-0.3, -0.25) is 0 Å². The number of hydrogen-bond donors (Lipinski definition) is 0. The van der Waals surface area contributed by atoms with E-state index in [1.54, 1.807) is 7.11 Å². The van der Waals surface area contributed by atoms with Gasteiger partial charge in [-0.1, -0.05) is 15.9 Å². The molecule has 15 heavy (non-hydrogen) atoms. The first-order valence-corrected chi connectivity index (χ1v) is 5.67. The zero-order chi connectivity index (χ0) is 10.7. The molecule has 0 amide bonds. The quantitative estimate of drug-likeness (QED) is 0.829. The monoisotopic (exact) mass is 272 g/mol. The topological polar surface area (TPSA) is 27.7 Å². The lowest BCUT2D eigenvalue weighted by Crippen LogP contribution is -2.18. The summed E-state index contributed by atoms with van der Waals surface area (Å²) in [6.45, 7) is 1.47. The van der Waals surface area contributed by atoms with Gasteiger partial charge < -0.3 is 14.2 Å². The molecule has 0 atom stereocenters. The molecule has 1 saturated heterocycles. The molecule has 3 nitrogen and oxygen atoms in total. The molecular weight excluding hydrogens is 260 g/mol. The number of rotatable bonds is 2. The third-order valence-electron chi connectivity index (χ3n) is 2.27. The summed E-state index contributed by atoms with van der Waals surface area (Å²) in [7, 11) is 1.65. The summed E-state index contributed by atoms with van der Waals surface area (Å²) in [4.78, 5) is 0. The third-order valence-corrected chi connectivity index (χ3v) is 2.77. The van der Waals surface area contributed by atoms with Crippen molar-refractivity contribution in [1.29, 1.82) is 0 Å². The van der Waals surface area contributed by atoms with E-state index in [-0.39, 0.29) is 6.29 Å². The molecule has 1 aromatic carbocycles. The first-order chi connectivity index (χ1) is 7.31. The Kier molecular flexibility index (Phi) is 3.61. The standard InChI is InChI=1S/C11H13BrO3/c1-13-10-4-3-8(12)7-9(10)11-14-5-2-6-15-11/h3-4,7,11H,2,5-6H2,1H3. The maximum Gasteiger partial charge on any atom is 0.187 e. The number of methoxy groups -OCH3 is 1. The van der Waals surface area contributed by atoms with E-state index >= 15 is 0 Å². The van der Waals surface area contributed by atoms with E-state index < -0.39 is 0 Å². The summed E-state index contributed by atoms with van der Waals surface area (Å²) in [5, 5.41) is 0. The van der Waals surface area contributed by atoms with Crippen LogP contribution < -0.4 is 4.74 Å². The third kappa shape index (κ3) is 2.51. The van der Waals surface area contributed by atoms with Crippen LogP contribution in [-0.2, 0) is 9.47 Å². The minimum absolute atomic E-state index is 0.300. The van der Waals surface area contributed by atoms with Crippen molar-refractivity contribution >= 4 is 15.9 Å². The highest BCUT2D eigenvalue weighted by Crippen LogP contribution is 2.32. The molecule has 0 radical (unpaired) electrons. The van der Waals surface area contributed by atoms with E-state index in [4.69, 9.17) is 14.2 Å². The Morgan fingerprint density at radius 1 is 1.33 bits per heavy atom. The van der Waals surface area contributed by atoms with Crippen molar-refractivity contribution in [2.75, 3.05) is 20.3 Å². The van der Waals surface area contributed by atoms with E-state index in [0.717, 1.165) is 35.4 Å². The number of hydrogen-bond acceptors (Lipinski definition) is 3. The Bertz CT molecular complexity index is 335. The fraction of sp³-hybridized carbons (Fsp3) is 0.455. The molecule has 1 aliphatic rings. The molecule has 0 unspecified atom stereocenters. The Balaban J connectivity index is 2.27. The lowest BCUT2D eigenvalue weighted by molar-refractivity contribution is -0.183. The van der Waals surface area contributed by atoms with Crippen LogP contribution in [0.3, 0.4) is 0 Å². The summed E-state index contributed by atoms with van der Waals surface area (Å²) in [5.41, 5.74) is 0.937. The summed E-state index contributed by atoms with van der Waals surface area (Å²) in [6.07, 6.45) is 0.651. The normalized spacial score (nSPS) is 17.7. The molecule has 4 heteroatoms. The van der Waals surface area contributed by atoms with Crippen LogP contribution in [0.2, 0.25) is 0 Å². The second-order valence-corrected chi connectivity index (χ2v) is 4.23. The van der Waals surface area contributed by atoms with Crippen molar-refractivity contribution in [2.24, 2.45) is 0 Å². The highest BCUT2D eigenvalue weighted by Gasteiger charge is 2.20. The van der Waals surface area contributed by atoms with Crippen LogP contribution >= 0.6 is 15.9 Å². The number of benzene rings is 1. The van der Waals surface area contributed by atoms with Crippen LogP contribution in [-0.4, -0.2) is 20.3 Å². The van der Waals surface area contributed by atoms with Gasteiger partial charge in [0.1, 0.15) is 5.75 Å². The number of halogens is 1. The molecule has 82 valence electrons. The highest BCUT2D eigenvalue weighted by molar-refractivity contribution is 9.10. The molecule has 2 rings (SSSR count). The maximum absolute atomic E-state index is 5.54. The summed E-state index contributed by atoms with van der Waals surface area (Å²) in [5.74, 6) is 0.796. The molecule has 0 saturated carbocycles. The lowest BCUT2D eigenvalue weighted by Gasteiger charge is -2.24. The van der Waals surface area contributed by atoms with Crippen LogP contribution in [0.25, 0.3) is 0 Å². The van der Waals surface area contributed by atoms with Crippen molar-refractivity contribution in [3.63, 3.8) is 0 Å². The van der Waals surface area contributed by atoms with Gasteiger partial charge in [0.05, 0.1) is 25.9 Å². The zero-order valence-electron chi connectivity index (χ0n) is 8.53. The van der Waals surface area contributed by atoms with Crippen LogP contribution in [0.4, 0.5) is 0 Å². The predicted octanol–water partition coefficient (Wildman–Crippen LogP) is 2.89. The van der Waals surface area contributed by atoms with Crippen LogP contribution in [0, 0.1) is 0 Å². The average molecular weight is 273 g/mol. The van der Waals surface area contributed by atoms with Crippen molar-refractivity contribution in [3.8, 4) is 5.75 Å². The molecule has 1 aromatic rings. The summed E-state index contributed by atoms with van der Waals surface area (Å²) >= 11 is 3.43. The first kappa shape index (κ1) is 10.9. The van der Waals surface area contributed by atoms with Gasteiger partial charge in [0.2, 0.25) is 0 Å². The molecule has 0 aliphatic carbocycles. The smallest absolute Gasteiger partial charge is 0.187 e.